The van der Waals surface area contributed by atoms with Crippen molar-refractivity contribution in [1.82, 2.24) is 4.98 Å². The molecule has 0 saturated heterocycles. The van der Waals surface area contributed by atoms with Crippen LogP contribution in [0.4, 0.5) is 5.13 Å². The summed E-state index contributed by atoms with van der Waals surface area (Å²) in [5, 5.41) is 13.9. The van der Waals surface area contributed by atoms with Crippen LogP contribution in [0.1, 0.15) is 5.56 Å². The lowest BCUT2D eigenvalue weighted by atomic mass is 10.1. The van der Waals surface area contributed by atoms with Gasteiger partial charge in [-0.25, -0.2) is 4.98 Å². The smallest absolute Gasteiger partial charge is 0.268 e. The van der Waals surface area contributed by atoms with Gasteiger partial charge in [0.15, 0.2) is 16.6 Å². The van der Waals surface area contributed by atoms with Crippen LogP contribution in [0.15, 0.2) is 33.8 Å². The largest absolute Gasteiger partial charge is 0.454 e. The standard InChI is InChI=1S/C14H8BrN3O3S/c15-10-4-8(5-11-12(10)21-7-20-11)3-9(6-16)13(19)18-14-17-1-2-22-14/h1-5H,7H2,(H,17,18,19)/b9-3+. The molecule has 0 saturated carbocycles. The van der Waals surface area contributed by atoms with Crippen LogP contribution in [0, 0.1) is 11.3 Å². The van der Waals surface area contributed by atoms with Gasteiger partial charge in [0.2, 0.25) is 6.79 Å². The zero-order valence-electron chi connectivity index (χ0n) is 11.0. The molecule has 6 nitrogen and oxygen atoms in total. The second kappa shape index (κ2) is 6.17. The lowest BCUT2D eigenvalue weighted by Gasteiger charge is -2.03. The first kappa shape index (κ1) is 14.6. The normalized spacial score (nSPS) is 12.8. The minimum Gasteiger partial charge on any atom is -0.454 e. The van der Waals surface area contributed by atoms with Crippen molar-refractivity contribution in [3.8, 4) is 17.6 Å². The Kier molecular flexibility index (Phi) is 4.09. The predicted molar refractivity (Wildman–Crippen MR) is 84.6 cm³/mol. The number of halogens is 1. The summed E-state index contributed by atoms with van der Waals surface area (Å²) < 4.78 is 11.3. The molecule has 1 aliphatic heterocycles. The Morgan fingerprint density at radius 1 is 1.50 bits per heavy atom. The maximum atomic E-state index is 12.1. The molecule has 22 heavy (non-hydrogen) atoms. The van der Waals surface area contributed by atoms with Gasteiger partial charge in [0.1, 0.15) is 11.6 Å². The minimum atomic E-state index is -0.508. The summed E-state index contributed by atoms with van der Waals surface area (Å²) in [6.45, 7) is 0.150. The highest BCUT2D eigenvalue weighted by Gasteiger charge is 2.18. The highest BCUT2D eigenvalue weighted by Crippen LogP contribution is 2.40. The minimum absolute atomic E-state index is 0.0269. The number of aromatic nitrogens is 1. The SMILES string of the molecule is N#C/C(=C\c1cc(Br)c2c(c1)OCO2)C(=O)Nc1nccs1. The van der Waals surface area contributed by atoms with E-state index in [9.17, 15) is 10.1 Å². The number of thiazole rings is 1. The number of ether oxygens (including phenoxy) is 2. The molecule has 1 aliphatic rings. The van der Waals surface area contributed by atoms with Crippen LogP contribution in [0.5, 0.6) is 11.5 Å². The van der Waals surface area contributed by atoms with E-state index in [2.05, 4.69) is 26.2 Å². The molecule has 8 heteroatoms. The lowest BCUT2D eigenvalue weighted by Crippen LogP contribution is -2.13. The fourth-order valence-electron chi connectivity index (χ4n) is 1.84. The van der Waals surface area contributed by atoms with E-state index >= 15 is 0 Å². The van der Waals surface area contributed by atoms with Crippen molar-refractivity contribution in [2.75, 3.05) is 12.1 Å². The Bertz CT molecular complexity index is 796. The Morgan fingerprint density at radius 3 is 3.09 bits per heavy atom. The van der Waals surface area contributed by atoms with Gasteiger partial charge >= 0.3 is 0 Å². The van der Waals surface area contributed by atoms with Gasteiger partial charge in [0.25, 0.3) is 5.91 Å². The summed E-state index contributed by atoms with van der Waals surface area (Å²) in [6.07, 6.45) is 3.06. The molecule has 0 atom stereocenters. The average Bonchev–Trinajstić information content (AvgIpc) is 3.15. The molecular formula is C14H8BrN3O3S. The Hall–Kier alpha value is -2.37. The monoisotopic (exact) mass is 377 g/mol. The third kappa shape index (κ3) is 2.95. The second-order valence-corrected chi connectivity index (χ2v) is 5.95. The highest BCUT2D eigenvalue weighted by atomic mass is 79.9. The van der Waals surface area contributed by atoms with Crippen molar-refractivity contribution in [3.05, 3.63) is 39.3 Å². The molecule has 1 aromatic carbocycles. The average molecular weight is 378 g/mol. The molecule has 0 aliphatic carbocycles. The van der Waals surface area contributed by atoms with Crippen LogP contribution in [0.25, 0.3) is 6.08 Å². The molecule has 0 spiro atoms. The van der Waals surface area contributed by atoms with Gasteiger partial charge in [-0.1, -0.05) is 0 Å². The number of hydrogen-bond donors (Lipinski definition) is 1. The van der Waals surface area contributed by atoms with Crippen LogP contribution >= 0.6 is 27.3 Å². The van der Waals surface area contributed by atoms with E-state index in [1.54, 1.807) is 23.7 Å². The van der Waals surface area contributed by atoms with Gasteiger partial charge in [-0.05, 0) is 39.7 Å². The maximum absolute atomic E-state index is 12.1. The first-order valence-corrected chi connectivity index (χ1v) is 7.76. The zero-order chi connectivity index (χ0) is 15.5. The topological polar surface area (TPSA) is 84.2 Å². The van der Waals surface area contributed by atoms with Crippen LogP contribution < -0.4 is 14.8 Å². The molecule has 3 rings (SSSR count). The van der Waals surface area contributed by atoms with Gasteiger partial charge in [-0.2, -0.15) is 5.26 Å². The number of carbonyl (C=O) groups is 1. The molecular weight excluding hydrogens is 370 g/mol. The number of fused-ring (bicyclic) bond motifs is 1. The molecule has 110 valence electrons. The number of nitriles is 1. The Labute approximate surface area is 138 Å². The van der Waals surface area contributed by atoms with E-state index in [0.29, 0.717) is 26.7 Å². The quantitative estimate of drug-likeness (QED) is 0.655. The van der Waals surface area contributed by atoms with Crippen molar-refractivity contribution in [2.24, 2.45) is 0 Å². The maximum Gasteiger partial charge on any atom is 0.268 e. The number of rotatable bonds is 3. The number of benzene rings is 1. The van der Waals surface area contributed by atoms with E-state index in [1.807, 2.05) is 6.07 Å². The van der Waals surface area contributed by atoms with Crippen LogP contribution in [-0.4, -0.2) is 17.7 Å². The second-order valence-electron chi connectivity index (χ2n) is 4.20. The van der Waals surface area contributed by atoms with E-state index < -0.39 is 5.91 Å². The van der Waals surface area contributed by atoms with Crippen LogP contribution in [-0.2, 0) is 4.79 Å². The number of carbonyl (C=O) groups excluding carboxylic acids is 1. The summed E-state index contributed by atoms with van der Waals surface area (Å²) >= 11 is 4.65. The molecule has 0 fully saturated rings. The van der Waals surface area contributed by atoms with Crippen LogP contribution in [0.2, 0.25) is 0 Å². The van der Waals surface area contributed by atoms with Crippen molar-refractivity contribution in [3.63, 3.8) is 0 Å². The molecule has 1 aromatic heterocycles. The number of nitrogens with zero attached hydrogens (tertiary/aromatic N) is 2. The van der Waals surface area contributed by atoms with Crippen molar-refractivity contribution in [2.45, 2.75) is 0 Å². The molecule has 0 unspecified atom stereocenters. The molecule has 0 radical (unpaired) electrons. The highest BCUT2D eigenvalue weighted by molar-refractivity contribution is 9.10. The predicted octanol–water partition coefficient (Wildman–Crippen LogP) is 3.18. The summed E-state index contributed by atoms with van der Waals surface area (Å²) in [4.78, 5) is 16.0. The lowest BCUT2D eigenvalue weighted by molar-refractivity contribution is -0.112. The Morgan fingerprint density at radius 2 is 2.36 bits per heavy atom. The number of hydrogen-bond acceptors (Lipinski definition) is 6. The molecule has 1 N–H and O–H groups in total. The first-order valence-electron chi connectivity index (χ1n) is 6.09. The third-order valence-corrected chi connectivity index (χ3v) is 4.06. The van der Waals surface area contributed by atoms with E-state index in [1.165, 1.54) is 17.4 Å². The van der Waals surface area contributed by atoms with Gasteiger partial charge in [0, 0.05) is 11.6 Å². The zero-order valence-corrected chi connectivity index (χ0v) is 13.4. The molecule has 1 amide bonds. The first-order chi connectivity index (χ1) is 10.7. The van der Waals surface area contributed by atoms with E-state index in [0.717, 1.165) is 0 Å². The summed E-state index contributed by atoms with van der Waals surface area (Å²) in [5.41, 5.74) is 0.628. The third-order valence-electron chi connectivity index (χ3n) is 2.78. The van der Waals surface area contributed by atoms with Gasteiger partial charge in [-0.15, -0.1) is 11.3 Å². The fraction of sp³-hybridized carbons (Fsp3) is 0.0714. The Balaban J connectivity index is 1.87. The molecule has 2 heterocycles. The van der Waals surface area contributed by atoms with E-state index in [-0.39, 0.29) is 12.4 Å². The van der Waals surface area contributed by atoms with Gasteiger partial charge in [0.05, 0.1) is 4.47 Å². The summed E-state index contributed by atoms with van der Waals surface area (Å²) in [5.74, 6) is 0.674. The van der Waals surface area contributed by atoms with Crippen molar-refractivity contribution < 1.29 is 14.3 Å². The van der Waals surface area contributed by atoms with Crippen molar-refractivity contribution in [1.29, 1.82) is 5.26 Å². The van der Waals surface area contributed by atoms with E-state index in [4.69, 9.17) is 9.47 Å². The fourth-order valence-corrected chi connectivity index (χ4v) is 2.93. The number of nitrogens with one attached hydrogen (secondary N) is 1. The van der Waals surface area contributed by atoms with Crippen LogP contribution in [0.3, 0.4) is 0 Å². The van der Waals surface area contributed by atoms with Crippen molar-refractivity contribution >= 4 is 44.4 Å². The van der Waals surface area contributed by atoms with Gasteiger partial charge < -0.3 is 9.47 Å². The number of amides is 1. The molecule has 0 bridgehead atoms. The number of anilines is 1. The summed E-state index contributed by atoms with van der Waals surface area (Å²) in [6, 6.07) is 5.35. The summed E-state index contributed by atoms with van der Waals surface area (Å²) in [7, 11) is 0. The van der Waals surface area contributed by atoms with Gasteiger partial charge in [-0.3, -0.25) is 10.1 Å². The molecule has 2 aromatic rings.